The summed E-state index contributed by atoms with van der Waals surface area (Å²) in [7, 11) is 0. The molecule has 0 fully saturated rings. The Hall–Kier alpha value is -0.000519. The van der Waals surface area contributed by atoms with E-state index in [1.807, 2.05) is 0 Å². The minimum atomic E-state index is 0.391. The molecule has 1 heterocycles. The van der Waals surface area contributed by atoms with E-state index in [-0.39, 0.29) is 0 Å². The van der Waals surface area contributed by atoms with Gasteiger partial charge in [-0.2, -0.15) is 0 Å². The molecule has 0 saturated carbocycles. The van der Waals surface area contributed by atoms with Crippen LogP contribution in [0.5, 0.6) is 0 Å². The maximum absolute atomic E-state index is 2.38. The Morgan fingerprint density at radius 1 is 1.07 bits per heavy atom. The molecular weight excluding hydrogens is 247 g/mol. The van der Waals surface area contributed by atoms with Crippen LogP contribution in [0.15, 0.2) is 12.1 Å². The predicted octanol–water partition coefficient (Wildman–Crippen LogP) is 4.16. The molecule has 1 heteroatoms. The molecule has 0 aliphatic heterocycles. The third-order valence-electron chi connectivity index (χ3n) is 2.68. The molecule has 15 heavy (non-hydrogen) atoms. The van der Waals surface area contributed by atoms with Crippen molar-refractivity contribution < 1.29 is 0 Å². The summed E-state index contributed by atoms with van der Waals surface area (Å²) in [6, 6.07) is 4.75. The first-order valence-electron chi connectivity index (χ1n) is 6.13. The van der Waals surface area contributed by atoms with Gasteiger partial charge in [-0.25, -0.2) is 0 Å². The number of hydrogen-bond donors (Lipinski definition) is 0. The van der Waals surface area contributed by atoms with Crippen molar-refractivity contribution in [1.82, 2.24) is 0 Å². The third-order valence-corrected chi connectivity index (χ3v) is 5.97. The van der Waals surface area contributed by atoms with Gasteiger partial charge in [0.2, 0.25) is 0 Å². The molecule has 0 amide bonds. The molecular formula is C14H24Se. The van der Waals surface area contributed by atoms with Gasteiger partial charge in [0.15, 0.2) is 0 Å². The Morgan fingerprint density at radius 2 is 1.80 bits per heavy atom. The van der Waals surface area contributed by atoms with Gasteiger partial charge in [-0.05, 0) is 0 Å². The van der Waals surface area contributed by atoms with Gasteiger partial charge in [0.1, 0.15) is 0 Å². The summed E-state index contributed by atoms with van der Waals surface area (Å²) < 4.78 is 3.38. The predicted molar refractivity (Wildman–Crippen MR) is 69.9 cm³/mol. The fourth-order valence-corrected chi connectivity index (χ4v) is 3.96. The van der Waals surface area contributed by atoms with Crippen LogP contribution in [0.2, 0.25) is 0 Å². The van der Waals surface area contributed by atoms with Gasteiger partial charge in [-0.1, -0.05) is 0 Å². The molecule has 1 rings (SSSR count). The molecule has 0 unspecified atom stereocenters. The van der Waals surface area contributed by atoms with Crippen molar-refractivity contribution in [3.05, 3.63) is 21.0 Å². The van der Waals surface area contributed by atoms with Crippen LogP contribution < -0.4 is 0 Å². The second-order valence-electron chi connectivity index (χ2n) is 5.33. The summed E-state index contributed by atoms with van der Waals surface area (Å²) in [5, 5.41) is 0. The van der Waals surface area contributed by atoms with Gasteiger partial charge >= 0.3 is 101 Å². The van der Waals surface area contributed by atoms with Crippen molar-refractivity contribution in [1.29, 1.82) is 0 Å². The first-order chi connectivity index (χ1) is 7.04. The molecule has 0 saturated heterocycles. The average Bonchev–Trinajstić information content (AvgIpc) is 2.60. The number of hydrogen-bond acceptors (Lipinski definition) is 0. The fourth-order valence-electron chi connectivity index (χ4n) is 1.64. The summed E-state index contributed by atoms with van der Waals surface area (Å²) in [5.74, 6) is 0. The Bertz CT molecular complexity index is 278. The van der Waals surface area contributed by atoms with Gasteiger partial charge < -0.3 is 0 Å². The van der Waals surface area contributed by atoms with Crippen LogP contribution in [-0.4, -0.2) is 14.5 Å². The number of rotatable bonds is 5. The van der Waals surface area contributed by atoms with Crippen LogP contribution >= 0.6 is 0 Å². The first-order valence-corrected chi connectivity index (χ1v) is 7.84. The van der Waals surface area contributed by atoms with E-state index in [1.165, 1.54) is 32.1 Å². The van der Waals surface area contributed by atoms with Crippen molar-refractivity contribution in [3.63, 3.8) is 0 Å². The second-order valence-corrected chi connectivity index (χ2v) is 7.78. The maximum atomic E-state index is 2.38. The number of unbranched alkanes of at least 4 members (excludes halogenated alkanes) is 3. The topological polar surface area (TPSA) is 0 Å². The zero-order valence-corrected chi connectivity index (χ0v) is 12.3. The summed E-state index contributed by atoms with van der Waals surface area (Å²) in [5.41, 5.74) is 0.391. The van der Waals surface area contributed by atoms with Gasteiger partial charge in [0, 0.05) is 0 Å². The van der Waals surface area contributed by atoms with Crippen molar-refractivity contribution in [2.24, 2.45) is 0 Å². The van der Waals surface area contributed by atoms with Crippen molar-refractivity contribution in [2.75, 3.05) is 0 Å². The van der Waals surface area contributed by atoms with E-state index in [0.717, 1.165) is 0 Å². The van der Waals surface area contributed by atoms with Crippen molar-refractivity contribution >= 4 is 14.5 Å². The SMILES string of the molecule is CCCCCCc1ccc(C(C)(C)C)[se]1. The first kappa shape index (κ1) is 13.1. The third kappa shape index (κ3) is 4.57. The van der Waals surface area contributed by atoms with Gasteiger partial charge in [0.05, 0.1) is 0 Å². The second kappa shape index (κ2) is 5.91. The van der Waals surface area contributed by atoms with E-state index in [0.29, 0.717) is 19.9 Å². The Labute approximate surface area is 101 Å². The van der Waals surface area contributed by atoms with Gasteiger partial charge in [-0.3, -0.25) is 0 Å². The fraction of sp³-hybridized carbons (Fsp3) is 0.714. The van der Waals surface area contributed by atoms with Crippen LogP contribution in [0.3, 0.4) is 0 Å². The molecule has 1 aromatic heterocycles. The molecule has 0 atom stereocenters. The standard InChI is InChI=1S/C14H24Se/c1-5-6-7-8-9-12-10-11-13(15-12)14(2,3)4/h10-11H,5-9H2,1-4H3. The molecule has 0 radical (unpaired) electrons. The van der Waals surface area contributed by atoms with Gasteiger partial charge in [-0.15, -0.1) is 0 Å². The van der Waals surface area contributed by atoms with Crippen LogP contribution in [0.4, 0.5) is 0 Å². The molecule has 0 bridgehead atoms. The number of aryl methyl sites for hydroxylation is 1. The van der Waals surface area contributed by atoms with Crippen molar-refractivity contribution in [3.8, 4) is 0 Å². The summed E-state index contributed by atoms with van der Waals surface area (Å²) in [6.45, 7) is 9.26. The normalized spacial score (nSPS) is 12.0. The summed E-state index contributed by atoms with van der Waals surface area (Å²) in [6.07, 6.45) is 6.90. The van der Waals surface area contributed by atoms with Crippen LogP contribution in [-0.2, 0) is 11.8 Å². The van der Waals surface area contributed by atoms with E-state index >= 15 is 0 Å². The Morgan fingerprint density at radius 3 is 2.33 bits per heavy atom. The Balaban J connectivity index is 2.40. The van der Waals surface area contributed by atoms with Crippen LogP contribution in [0.25, 0.3) is 0 Å². The minimum absolute atomic E-state index is 0.391. The molecule has 0 aromatic carbocycles. The molecule has 0 N–H and O–H groups in total. The molecule has 0 spiro atoms. The van der Waals surface area contributed by atoms with Crippen molar-refractivity contribution in [2.45, 2.75) is 65.2 Å². The molecule has 86 valence electrons. The van der Waals surface area contributed by atoms with E-state index in [2.05, 4.69) is 39.8 Å². The molecule has 0 nitrogen and oxygen atoms in total. The zero-order valence-electron chi connectivity index (χ0n) is 10.6. The molecule has 0 aliphatic rings. The summed E-state index contributed by atoms with van der Waals surface area (Å²) >= 11 is 0.657. The molecule has 1 aromatic rings. The van der Waals surface area contributed by atoms with E-state index < -0.39 is 0 Å². The van der Waals surface area contributed by atoms with E-state index in [1.54, 1.807) is 8.87 Å². The Kier molecular flexibility index (Phi) is 5.15. The molecule has 0 aliphatic carbocycles. The van der Waals surface area contributed by atoms with Crippen LogP contribution in [0.1, 0.15) is 62.3 Å². The van der Waals surface area contributed by atoms with Gasteiger partial charge in [0.25, 0.3) is 0 Å². The average molecular weight is 271 g/mol. The van der Waals surface area contributed by atoms with E-state index in [4.69, 9.17) is 0 Å². The van der Waals surface area contributed by atoms with Crippen LogP contribution in [0, 0.1) is 0 Å². The summed E-state index contributed by atoms with van der Waals surface area (Å²) in [4.78, 5) is 0. The quantitative estimate of drug-likeness (QED) is 0.557. The monoisotopic (exact) mass is 272 g/mol. The zero-order chi connectivity index (χ0) is 11.3. The van der Waals surface area contributed by atoms with E-state index in [9.17, 15) is 0 Å².